The summed E-state index contributed by atoms with van der Waals surface area (Å²) >= 11 is 0. The molecule has 0 aliphatic rings. The lowest BCUT2D eigenvalue weighted by Gasteiger charge is -2.28. The van der Waals surface area contributed by atoms with Gasteiger partial charge in [-0.1, -0.05) is 88.6 Å². The molecule has 0 aliphatic carbocycles. The first-order valence-electron chi connectivity index (χ1n) is 13.7. The van der Waals surface area contributed by atoms with Crippen molar-refractivity contribution in [1.82, 2.24) is 14.4 Å². The van der Waals surface area contributed by atoms with Crippen molar-refractivity contribution in [3.63, 3.8) is 0 Å². The third kappa shape index (κ3) is 11.4. The molecule has 0 radical (unpaired) electrons. The molecule has 1 aromatic carbocycles. The van der Waals surface area contributed by atoms with E-state index in [9.17, 15) is 9.59 Å². The highest BCUT2D eigenvalue weighted by molar-refractivity contribution is 5.84. The first-order chi connectivity index (χ1) is 17.5. The zero-order valence-electron chi connectivity index (χ0n) is 22.8. The van der Waals surface area contributed by atoms with Crippen LogP contribution in [0, 0.1) is 0 Å². The summed E-state index contributed by atoms with van der Waals surface area (Å²) in [5.74, 6) is -0.00143. The van der Waals surface area contributed by atoms with Gasteiger partial charge in [-0.2, -0.15) is 0 Å². The van der Waals surface area contributed by atoms with Crippen molar-refractivity contribution in [2.45, 2.75) is 84.2 Å². The number of aromatic nitrogens is 1. The molecule has 2 aromatic rings. The summed E-state index contributed by atoms with van der Waals surface area (Å²) in [4.78, 5) is 30.0. The smallest absolute Gasteiger partial charge is 0.242 e. The Hall–Kier alpha value is -2.60. The number of nitrogens with zero attached hydrogens (tertiary/aromatic N) is 3. The first-order valence-corrected chi connectivity index (χ1v) is 13.7. The van der Waals surface area contributed by atoms with Crippen LogP contribution in [0.25, 0.3) is 0 Å². The highest BCUT2D eigenvalue weighted by atomic mass is 16.5. The number of aryl methyl sites for hydroxylation is 1. The lowest BCUT2D eigenvalue weighted by atomic mass is 10.1. The fourth-order valence-corrected chi connectivity index (χ4v) is 4.39. The molecule has 1 heterocycles. The summed E-state index contributed by atoms with van der Waals surface area (Å²) in [5, 5.41) is 0. The minimum absolute atomic E-state index is 0.0434. The molecule has 0 unspecified atom stereocenters. The van der Waals surface area contributed by atoms with E-state index in [1.165, 1.54) is 44.9 Å². The number of benzene rings is 1. The highest BCUT2D eigenvalue weighted by Crippen LogP contribution is 2.14. The maximum atomic E-state index is 13.5. The number of ether oxygens (including phenoxy) is 1. The highest BCUT2D eigenvalue weighted by Gasteiger charge is 2.22. The van der Waals surface area contributed by atoms with Gasteiger partial charge in [-0.05, 0) is 24.1 Å². The molecular weight excluding hydrogens is 450 g/mol. The lowest BCUT2D eigenvalue weighted by Crippen LogP contribution is -2.43. The van der Waals surface area contributed by atoms with Gasteiger partial charge in [0.15, 0.2) is 0 Å². The van der Waals surface area contributed by atoms with Crippen LogP contribution in [-0.4, -0.2) is 53.0 Å². The van der Waals surface area contributed by atoms with Crippen molar-refractivity contribution in [1.29, 1.82) is 0 Å². The number of hydrogen-bond acceptors (Lipinski definition) is 3. The molecule has 0 saturated heterocycles. The number of hydrogen-bond donors (Lipinski definition) is 0. The lowest BCUT2D eigenvalue weighted by molar-refractivity contribution is -0.141. The monoisotopic (exact) mass is 497 g/mol. The number of unbranched alkanes of at least 4 members (excludes halogenated alkanes) is 8. The molecular formula is C30H47N3O3. The minimum atomic E-state index is -0.0448. The van der Waals surface area contributed by atoms with E-state index >= 15 is 0 Å². The third-order valence-electron chi connectivity index (χ3n) is 6.71. The Bertz CT molecular complexity index is 865. The van der Waals surface area contributed by atoms with E-state index in [1.807, 2.05) is 65.2 Å². The molecule has 200 valence electrons. The summed E-state index contributed by atoms with van der Waals surface area (Å²) in [5.41, 5.74) is 2.13. The average Bonchev–Trinajstić information content (AvgIpc) is 3.29. The van der Waals surface area contributed by atoms with Crippen molar-refractivity contribution >= 4 is 11.8 Å². The Balaban J connectivity index is 1.91. The van der Waals surface area contributed by atoms with Gasteiger partial charge in [-0.25, -0.2) is 0 Å². The zero-order valence-corrected chi connectivity index (χ0v) is 22.8. The molecule has 0 spiro atoms. The number of methoxy groups -OCH3 is 1. The van der Waals surface area contributed by atoms with Gasteiger partial charge in [0.1, 0.15) is 0 Å². The molecule has 0 saturated carbocycles. The van der Waals surface area contributed by atoms with E-state index in [4.69, 9.17) is 4.74 Å². The number of amides is 2. The standard InChI is InChI=1S/C30H47N3O3/c1-4-5-6-7-8-9-10-11-15-20-29(34)32(22-23-36-3)26-30(35)33(24-27-17-13-12-14-18-27)25-28-19-16-21-31(28)2/h12-14,16-19,21H,4-11,15,20,22-26H2,1-3H3. The molecule has 0 atom stereocenters. The van der Waals surface area contributed by atoms with Gasteiger partial charge >= 0.3 is 0 Å². The second kappa shape index (κ2) is 17.8. The summed E-state index contributed by atoms with van der Waals surface area (Å²) < 4.78 is 7.27. The van der Waals surface area contributed by atoms with Gasteiger partial charge in [0.05, 0.1) is 19.7 Å². The molecule has 0 bridgehead atoms. The Morgan fingerprint density at radius 1 is 0.806 bits per heavy atom. The molecule has 0 aliphatic heterocycles. The maximum Gasteiger partial charge on any atom is 0.242 e. The molecule has 0 N–H and O–H groups in total. The van der Waals surface area contributed by atoms with Crippen LogP contribution >= 0.6 is 0 Å². The predicted molar refractivity (Wildman–Crippen MR) is 146 cm³/mol. The first kappa shape index (κ1) is 29.6. The third-order valence-corrected chi connectivity index (χ3v) is 6.71. The fourth-order valence-electron chi connectivity index (χ4n) is 4.39. The van der Waals surface area contributed by atoms with Gasteiger partial charge in [0.25, 0.3) is 0 Å². The molecule has 0 fully saturated rings. The second-order valence-electron chi connectivity index (χ2n) is 9.73. The molecule has 2 rings (SSSR count). The van der Waals surface area contributed by atoms with Crippen LogP contribution < -0.4 is 0 Å². The van der Waals surface area contributed by atoms with Gasteiger partial charge in [0, 0.05) is 45.6 Å². The van der Waals surface area contributed by atoms with Gasteiger partial charge in [-0.3, -0.25) is 9.59 Å². The van der Waals surface area contributed by atoms with Gasteiger partial charge in [0.2, 0.25) is 11.8 Å². The Labute approximate surface area is 218 Å². The van der Waals surface area contributed by atoms with E-state index in [-0.39, 0.29) is 18.4 Å². The SMILES string of the molecule is CCCCCCCCCCCC(=O)N(CCOC)CC(=O)N(Cc1ccccc1)Cc1cccn1C. The Kier molecular flexibility index (Phi) is 14.6. The van der Waals surface area contributed by atoms with Crippen LogP contribution in [0.2, 0.25) is 0 Å². The van der Waals surface area contributed by atoms with E-state index in [0.717, 1.165) is 24.1 Å². The topological polar surface area (TPSA) is 54.8 Å². The van der Waals surface area contributed by atoms with Crippen LogP contribution in [0.5, 0.6) is 0 Å². The summed E-state index contributed by atoms with van der Waals surface area (Å²) in [6.45, 7) is 4.19. The van der Waals surface area contributed by atoms with Crippen molar-refractivity contribution in [2.75, 3.05) is 26.8 Å². The molecule has 2 amide bonds. The molecule has 6 heteroatoms. The molecule has 6 nitrogen and oxygen atoms in total. The van der Waals surface area contributed by atoms with Crippen LogP contribution in [0.15, 0.2) is 48.7 Å². The Morgan fingerprint density at radius 2 is 1.47 bits per heavy atom. The van der Waals surface area contributed by atoms with E-state index in [1.54, 1.807) is 12.0 Å². The van der Waals surface area contributed by atoms with E-state index in [0.29, 0.717) is 32.7 Å². The van der Waals surface area contributed by atoms with Crippen molar-refractivity contribution < 1.29 is 14.3 Å². The fraction of sp³-hybridized carbons (Fsp3) is 0.600. The van der Waals surface area contributed by atoms with Gasteiger partial charge in [-0.15, -0.1) is 0 Å². The van der Waals surface area contributed by atoms with Crippen molar-refractivity contribution in [3.05, 3.63) is 59.9 Å². The quantitative estimate of drug-likeness (QED) is 0.225. The van der Waals surface area contributed by atoms with Crippen molar-refractivity contribution in [3.8, 4) is 0 Å². The predicted octanol–water partition coefficient (Wildman–Crippen LogP) is 5.95. The average molecular weight is 498 g/mol. The largest absolute Gasteiger partial charge is 0.383 e. The van der Waals surface area contributed by atoms with Crippen molar-refractivity contribution in [2.24, 2.45) is 7.05 Å². The Morgan fingerprint density at radius 3 is 2.08 bits per heavy atom. The summed E-state index contributed by atoms with van der Waals surface area (Å²) in [6, 6.07) is 14.0. The van der Waals surface area contributed by atoms with Crippen LogP contribution in [0.3, 0.4) is 0 Å². The van der Waals surface area contributed by atoms with Gasteiger partial charge < -0.3 is 19.1 Å². The van der Waals surface area contributed by atoms with Crippen LogP contribution in [-0.2, 0) is 34.5 Å². The van der Waals surface area contributed by atoms with E-state index in [2.05, 4.69) is 6.92 Å². The maximum absolute atomic E-state index is 13.5. The summed E-state index contributed by atoms with van der Waals surface area (Å²) in [6.07, 6.45) is 13.4. The zero-order chi connectivity index (χ0) is 26.0. The van der Waals surface area contributed by atoms with Crippen LogP contribution in [0.4, 0.5) is 0 Å². The minimum Gasteiger partial charge on any atom is -0.383 e. The van der Waals surface area contributed by atoms with Crippen LogP contribution in [0.1, 0.15) is 82.4 Å². The number of rotatable bonds is 19. The number of carbonyl (C=O) groups excluding carboxylic acids is 2. The molecule has 1 aromatic heterocycles. The normalized spacial score (nSPS) is 11.0. The second-order valence-corrected chi connectivity index (χ2v) is 9.73. The number of carbonyl (C=O) groups is 2. The summed E-state index contributed by atoms with van der Waals surface area (Å²) in [7, 11) is 3.61. The van der Waals surface area contributed by atoms with E-state index < -0.39 is 0 Å². The molecule has 36 heavy (non-hydrogen) atoms.